The monoisotopic (exact) mass is 329 g/mol. The minimum atomic E-state index is -0.335. The van der Waals surface area contributed by atoms with E-state index in [2.05, 4.69) is 10.5 Å². The van der Waals surface area contributed by atoms with Crippen molar-refractivity contribution in [3.8, 4) is 17.2 Å². The Labute approximate surface area is 140 Å². The molecule has 0 spiro atoms. The predicted octanol–water partition coefficient (Wildman–Crippen LogP) is 2.06. The van der Waals surface area contributed by atoms with Crippen LogP contribution in [-0.4, -0.2) is 33.5 Å². The number of nitrogens with one attached hydrogen (secondary N) is 1. The number of anilines is 1. The Balaban J connectivity index is 2.14. The molecule has 7 nitrogen and oxygen atoms in total. The largest absolute Gasteiger partial charge is 0.493 e. The van der Waals surface area contributed by atoms with Gasteiger partial charge >= 0.3 is 0 Å². The van der Waals surface area contributed by atoms with Crippen LogP contribution in [0, 0.1) is 0 Å². The van der Waals surface area contributed by atoms with Crippen molar-refractivity contribution < 1.29 is 19.0 Å². The Morgan fingerprint density at radius 3 is 2.12 bits per heavy atom. The third kappa shape index (κ3) is 3.95. The van der Waals surface area contributed by atoms with Gasteiger partial charge in [0.25, 0.3) is 5.91 Å². The lowest BCUT2D eigenvalue weighted by molar-refractivity contribution is 0.0955. The molecule has 0 aliphatic carbocycles. The summed E-state index contributed by atoms with van der Waals surface area (Å²) < 4.78 is 15.8. The van der Waals surface area contributed by atoms with Crippen LogP contribution in [0.1, 0.15) is 15.9 Å². The molecule has 0 aliphatic rings. The lowest BCUT2D eigenvalue weighted by Gasteiger charge is -2.12. The van der Waals surface area contributed by atoms with Crippen molar-refractivity contribution in [1.82, 2.24) is 5.43 Å². The normalized spacial score (nSPS) is 10.5. The molecule has 0 atom stereocenters. The second kappa shape index (κ2) is 7.87. The SMILES string of the molecule is COc1cc(/C=N/NC(=O)c2ccc(N)cc2)cc(OC)c1OC. The van der Waals surface area contributed by atoms with Gasteiger partial charge in [-0.05, 0) is 36.4 Å². The van der Waals surface area contributed by atoms with Gasteiger partial charge in [-0.1, -0.05) is 0 Å². The second-order valence-corrected chi connectivity index (χ2v) is 4.78. The number of hydrogen-bond donors (Lipinski definition) is 2. The highest BCUT2D eigenvalue weighted by atomic mass is 16.5. The molecule has 126 valence electrons. The Kier molecular flexibility index (Phi) is 5.62. The zero-order valence-corrected chi connectivity index (χ0v) is 13.7. The maximum Gasteiger partial charge on any atom is 0.271 e. The van der Waals surface area contributed by atoms with Crippen molar-refractivity contribution in [2.75, 3.05) is 27.1 Å². The molecular formula is C17H19N3O4. The molecule has 0 aliphatic heterocycles. The van der Waals surface area contributed by atoms with E-state index in [1.165, 1.54) is 27.5 Å². The molecule has 0 heterocycles. The van der Waals surface area contributed by atoms with Crippen molar-refractivity contribution >= 4 is 17.8 Å². The number of methoxy groups -OCH3 is 3. The number of nitrogens with two attached hydrogens (primary N) is 1. The molecule has 3 N–H and O–H groups in total. The number of ether oxygens (including phenoxy) is 3. The van der Waals surface area contributed by atoms with Crippen LogP contribution in [0.5, 0.6) is 17.2 Å². The number of carbonyl (C=O) groups excluding carboxylic acids is 1. The molecule has 0 unspecified atom stereocenters. The van der Waals surface area contributed by atoms with Gasteiger partial charge in [-0.2, -0.15) is 5.10 Å². The minimum absolute atomic E-state index is 0.335. The molecule has 24 heavy (non-hydrogen) atoms. The van der Waals surface area contributed by atoms with Crippen LogP contribution in [0.15, 0.2) is 41.5 Å². The van der Waals surface area contributed by atoms with Crippen LogP contribution in [0.25, 0.3) is 0 Å². The van der Waals surface area contributed by atoms with Gasteiger partial charge in [0.1, 0.15) is 0 Å². The summed E-state index contributed by atoms with van der Waals surface area (Å²) in [5.74, 6) is 1.16. The molecule has 1 amide bonds. The van der Waals surface area contributed by atoms with Gasteiger partial charge in [-0.3, -0.25) is 4.79 Å². The summed E-state index contributed by atoms with van der Waals surface area (Å²) in [7, 11) is 4.59. The first-order chi connectivity index (χ1) is 11.6. The zero-order valence-electron chi connectivity index (χ0n) is 13.7. The smallest absolute Gasteiger partial charge is 0.271 e. The molecule has 0 saturated heterocycles. The molecule has 0 bridgehead atoms. The highest BCUT2D eigenvalue weighted by Crippen LogP contribution is 2.37. The fourth-order valence-corrected chi connectivity index (χ4v) is 2.04. The van der Waals surface area contributed by atoms with E-state index in [1.54, 1.807) is 36.4 Å². The first-order valence-corrected chi connectivity index (χ1v) is 7.08. The van der Waals surface area contributed by atoms with Gasteiger partial charge in [0.15, 0.2) is 11.5 Å². The lowest BCUT2D eigenvalue weighted by atomic mass is 10.2. The number of benzene rings is 2. The Morgan fingerprint density at radius 1 is 1.04 bits per heavy atom. The summed E-state index contributed by atoms with van der Waals surface area (Å²) in [6, 6.07) is 10.00. The fraction of sp³-hybridized carbons (Fsp3) is 0.176. The number of carbonyl (C=O) groups is 1. The summed E-state index contributed by atoms with van der Waals surface area (Å²) in [6.45, 7) is 0. The van der Waals surface area contributed by atoms with Crippen LogP contribution in [0.2, 0.25) is 0 Å². The van der Waals surface area contributed by atoms with E-state index in [1.807, 2.05) is 0 Å². The molecule has 7 heteroatoms. The minimum Gasteiger partial charge on any atom is -0.493 e. The standard InChI is InChI=1S/C17H19N3O4/c1-22-14-8-11(9-15(23-2)16(14)24-3)10-19-20-17(21)12-4-6-13(18)7-5-12/h4-10H,18H2,1-3H3,(H,20,21)/b19-10+. The van der Waals surface area contributed by atoms with Gasteiger partial charge in [0.05, 0.1) is 27.5 Å². The van der Waals surface area contributed by atoms with Crippen LogP contribution < -0.4 is 25.4 Å². The lowest BCUT2D eigenvalue weighted by Crippen LogP contribution is -2.17. The number of nitrogen functional groups attached to an aromatic ring is 1. The molecule has 0 fully saturated rings. The average Bonchev–Trinajstić information content (AvgIpc) is 2.61. The molecule has 0 radical (unpaired) electrons. The van der Waals surface area contributed by atoms with E-state index in [0.29, 0.717) is 34.1 Å². The molecule has 2 aromatic carbocycles. The Morgan fingerprint density at radius 2 is 1.62 bits per heavy atom. The van der Waals surface area contributed by atoms with Crippen molar-refractivity contribution in [1.29, 1.82) is 0 Å². The van der Waals surface area contributed by atoms with Crippen LogP contribution >= 0.6 is 0 Å². The third-order valence-corrected chi connectivity index (χ3v) is 3.24. The maximum atomic E-state index is 12.0. The van der Waals surface area contributed by atoms with E-state index >= 15 is 0 Å². The van der Waals surface area contributed by atoms with E-state index < -0.39 is 0 Å². The summed E-state index contributed by atoms with van der Waals surface area (Å²) in [5.41, 5.74) is 9.77. The highest BCUT2D eigenvalue weighted by molar-refractivity contribution is 5.95. The summed E-state index contributed by atoms with van der Waals surface area (Å²) in [6.07, 6.45) is 1.49. The zero-order chi connectivity index (χ0) is 17.5. The second-order valence-electron chi connectivity index (χ2n) is 4.78. The summed E-state index contributed by atoms with van der Waals surface area (Å²) in [5, 5.41) is 3.94. The predicted molar refractivity (Wildman–Crippen MR) is 92.0 cm³/mol. The van der Waals surface area contributed by atoms with Gasteiger partial charge in [-0.25, -0.2) is 5.43 Å². The highest BCUT2D eigenvalue weighted by Gasteiger charge is 2.12. The number of nitrogens with zero attached hydrogens (tertiary/aromatic N) is 1. The van der Waals surface area contributed by atoms with Gasteiger partial charge in [-0.15, -0.1) is 0 Å². The van der Waals surface area contributed by atoms with E-state index in [-0.39, 0.29) is 5.91 Å². The quantitative estimate of drug-likeness (QED) is 0.480. The van der Waals surface area contributed by atoms with Crippen LogP contribution in [0.4, 0.5) is 5.69 Å². The van der Waals surface area contributed by atoms with Crippen molar-refractivity contribution in [2.24, 2.45) is 5.10 Å². The topological polar surface area (TPSA) is 95.2 Å². The van der Waals surface area contributed by atoms with Crippen LogP contribution in [0.3, 0.4) is 0 Å². The molecular weight excluding hydrogens is 310 g/mol. The maximum absolute atomic E-state index is 12.0. The third-order valence-electron chi connectivity index (χ3n) is 3.24. The Hall–Kier alpha value is -3.22. The summed E-state index contributed by atoms with van der Waals surface area (Å²) in [4.78, 5) is 12.0. The van der Waals surface area contributed by atoms with E-state index in [9.17, 15) is 4.79 Å². The number of hydrazone groups is 1. The Bertz CT molecular complexity index is 717. The van der Waals surface area contributed by atoms with Crippen molar-refractivity contribution in [2.45, 2.75) is 0 Å². The van der Waals surface area contributed by atoms with E-state index in [4.69, 9.17) is 19.9 Å². The van der Waals surface area contributed by atoms with Crippen LogP contribution in [-0.2, 0) is 0 Å². The molecule has 0 saturated carbocycles. The number of amides is 1. The van der Waals surface area contributed by atoms with Gasteiger partial charge in [0.2, 0.25) is 5.75 Å². The van der Waals surface area contributed by atoms with Crippen molar-refractivity contribution in [3.05, 3.63) is 47.5 Å². The first-order valence-electron chi connectivity index (χ1n) is 7.08. The van der Waals surface area contributed by atoms with Crippen molar-refractivity contribution in [3.63, 3.8) is 0 Å². The molecule has 2 aromatic rings. The first kappa shape index (κ1) is 17.1. The average molecular weight is 329 g/mol. The fourth-order valence-electron chi connectivity index (χ4n) is 2.04. The molecule has 0 aromatic heterocycles. The van der Waals surface area contributed by atoms with Gasteiger partial charge < -0.3 is 19.9 Å². The number of rotatable bonds is 6. The van der Waals surface area contributed by atoms with E-state index in [0.717, 1.165) is 0 Å². The molecule has 2 rings (SSSR count). The number of hydrogen-bond acceptors (Lipinski definition) is 6. The summed E-state index contributed by atoms with van der Waals surface area (Å²) >= 11 is 0. The van der Waals surface area contributed by atoms with Gasteiger partial charge in [0, 0.05) is 16.8 Å².